The lowest BCUT2D eigenvalue weighted by Crippen LogP contribution is -2.40. The molecule has 4 heteroatoms. The molecular weight excluding hydrogens is 214 g/mol. The van der Waals surface area contributed by atoms with Crippen molar-refractivity contribution >= 4 is 5.91 Å². The molecule has 4 nitrogen and oxygen atoms in total. The number of carbonyl (C=O) groups excluding carboxylic acids is 1. The summed E-state index contributed by atoms with van der Waals surface area (Å²) >= 11 is 0. The van der Waals surface area contributed by atoms with Crippen molar-refractivity contribution < 1.29 is 4.79 Å². The van der Waals surface area contributed by atoms with E-state index in [4.69, 9.17) is 11.0 Å². The molecule has 0 bridgehead atoms. The molecule has 0 aliphatic carbocycles. The fourth-order valence-corrected chi connectivity index (χ4v) is 1.51. The Kier molecular flexibility index (Phi) is 4.68. The first kappa shape index (κ1) is 13.2. The van der Waals surface area contributed by atoms with Crippen LogP contribution >= 0.6 is 0 Å². The monoisotopic (exact) mass is 231 g/mol. The van der Waals surface area contributed by atoms with Crippen LogP contribution in [0, 0.1) is 11.3 Å². The Hall–Kier alpha value is -1.86. The van der Waals surface area contributed by atoms with Gasteiger partial charge in [0.2, 0.25) is 5.91 Å². The van der Waals surface area contributed by atoms with E-state index in [1.54, 1.807) is 7.05 Å². The van der Waals surface area contributed by atoms with Crippen LogP contribution in [0.2, 0.25) is 0 Å². The molecule has 1 amide bonds. The molecule has 0 aliphatic heterocycles. The first-order chi connectivity index (χ1) is 8.07. The minimum atomic E-state index is -0.664. The zero-order valence-electron chi connectivity index (χ0n) is 10.1. The summed E-state index contributed by atoms with van der Waals surface area (Å²) in [6.07, 6.45) is 0.309. The zero-order chi connectivity index (χ0) is 12.8. The maximum absolute atomic E-state index is 12.1. The van der Waals surface area contributed by atoms with Crippen molar-refractivity contribution in [3.8, 4) is 6.07 Å². The van der Waals surface area contributed by atoms with E-state index in [2.05, 4.69) is 0 Å². The third kappa shape index (κ3) is 3.30. The van der Waals surface area contributed by atoms with E-state index in [1.165, 1.54) is 4.90 Å². The zero-order valence-corrected chi connectivity index (χ0v) is 10.1. The molecule has 0 saturated carbocycles. The van der Waals surface area contributed by atoms with Crippen molar-refractivity contribution in [1.29, 1.82) is 5.26 Å². The molecule has 0 aliphatic rings. The Morgan fingerprint density at radius 3 is 2.59 bits per heavy atom. The summed E-state index contributed by atoms with van der Waals surface area (Å²) in [5.41, 5.74) is 6.68. The average molecular weight is 231 g/mol. The number of hydrogen-bond donors (Lipinski definition) is 1. The Morgan fingerprint density at radius 1 is 1.47 bits per heavy atom. The molecule has 1 rings (SSSR count). The van der Waals surface area contributed by atoms with Crippen molar-refractivity contribution in [3.63, 3.8) is 0 Å². The van der Waals surface area contributed by atoms with Crippen LogP contribution in [0.4, 0.5) is 0 Å². The highest BCUT2D eigenvalue weighted by Gasteiger charge is 2.22. The van der Waals surface area contributed by atoms with Crippen LogP contribution in [-0.2, 0) is 4.79 Å². The number of nitrogens with zero attached hydrogens (tertiary/aromatic N) is 2. The predicted octanol–water partition coefficient (Wildman–Crippen LogP) is 1.45. The van der Waals surface area contributed by atoms with Crippen LogP contribution in [-0.4, -0.2) is 23.9 Å². The van der Waals surface area contributed by atoms with Gasteiger partial charge < -0.3 is 10.6 Å². The van der Waals surface area contributed by atoms with Crippen molar-refractivity contribution in [2.45, 2.75) is 25.4 Å². The van der Waals surface area contributed by atoms with Gasteiger partial charge in [0.25, 0.3) is 0 Å². The van der Waals surface area contributed by atoms with Crippen LogP contribution in [0.1, 0.15) is 24.9 Å². The molecule has 17 heavy (non-hydrogen) atoms. The number of benzene rings is 1. The van der Waals surface area contributed by atoms with Crippen molar-refractivity contribution in [2.75, 3.05) is 7.05 Å². The maximum Gasteiger partial charge on any atom is 0.244 e. The van der Waals surface area contributed by atoms with E-state index in [9.17, 15) is 4.79 Å². The van der Waals surface area contributed by atoms with E-state index in [1.807, 2.05) is 43.3 Å². The largest absolute Gasteiger partial charge is 0.340 e. The van der Waals surface area contributed by atoms with E-state index in [-0.39, 0.29) is 11.9 Å². The molecule has 0 saturated heterocycles. The molecule has 0 heterocycles. The second-order valence-electron chi connectivity index (χ2n) is 4.05. The molecule has 0 spiro atoms. The molecule has 2 N–H and O–H groups in total. The molecule has 1 aromatic carbocycles. The molecule has 90 valence electrons. The smallest absolute Gasteiger partial charge is 0.244 e. The van der Waals surface area contributed by atoms with Crippen molar-refractivity contribution in [2.24, 2.45) is 5.73 Å². The molecule has 1 unspecified atom stereocenters. The number of likely N-dealkylation sites (N-methyl/N-ethyl adjacent to an activating group) is 1. The Labute approximate surface area is 102 Å². The summed E-state index contributed by atoms with van der Waals surface area (Å²) in [5, 5.41) is 8.60. The lowest BCUT2D eigenvalue weighted by molar-refractivity contribution is -0.133. The van der Waals surface area contributed by atoms with Crippen molar-refractivity contribution in [3.05, 3.63) is 35.9 Å². The fraction of sp³-hybridized carbons (Fsp3) is 0.385. The van der Waals surface area contributed by atoms with Gasteiger partial charge in [0.1, 0.15) is 6.04 Å². The van der Waals surface area contributed by atoms with Gasteiger partial charge in [0, 0.05) is 13.1 Å². The van der Waals surface area contributed by atoms with Gasteiger partial charge in [0.05, 0.1) is 12.5 Å². The second-order valence-corrected chi connectivity index (χ2v) is 4.05. The number of nitrogens with two attached hydrogens (primary N) is 1. The van der Waals surface area contributed by atoms with Crippen LogP contribution in [0.5, 0.6) is 0 Å². The lowest BCUT2D eigenvalue weighted by atomic mass is 10.1. The average Bonchev–Trinajstić information content (AvgIpc) is 2.37. The summed E-state index contributed by atoms with van der Waals surface area (Å²) in [6.45, 7) is 1.83. The van der Waals surface area contributed by atoms with Gasteiger partial charge >= 0.3 is 0 Å². The van der Waals surface area contributed by atoms with Crippen LogP contribution in [0.15, 0.2) is 30.3 Å². The van der Waals surface area contributed by atoms with Gasteiger partial charge in [-0.1, -0.05) is 30.3 Å². The van der Waals surface area contributed by atoms with Crippen LogP contribution < -0.4 is 5.73 Å². The number of carbonyl (C=O) groups is 1. The topological polar surface area (TPSA) is 70.1 Å². The molecule has 1 aromatic rings. The number of hydrogen-bond acceptors (Lipinski definition) is 3. The highest BCUT2D eigenvalue weighted by Crippen LogP contribution is 2.14. The predicted molar refractivity (Wildman–Crippen MR) is 65.8 cm³/mol. The lowest BCUT2D eigenvalue weighted by Gasteiger charge is -2.26. The van der Waals surface area contributed by atoms with Gasteiger partial charge in [-0.05, 0) is 12.5 Å². The summed E-state index contributed by atoms with van der Waals surface area (Å²) in [7, 11) is 1.67. The third-order valence-electron chi connectivity index (χ3n) is 2.82. The Bertz CT molecular complexity index is 410. The molecule has 0 aromatic heterocycles. The Morgan fingerprint density at radius 2 is 2.06 bits per heavy atom. The van der Waals surface area contributed by atoms with Gasteiger partial charge in [-0.3, -0.25) is 4.79 Å². The van der Waals surface area contributed by atoms with Crippen LogP contribution in [0.25, 0.3) is 0 Å². The van der Waals surface area contributed by atoms with Crippen molar-refractivity contribution in [1.82, 2.24) is 4.90 Å². The molecule has 2 atom stereocenters. The number of amides is 1. The molecular formula is C13H17N3O. The third-order valence-corrected chi connectivity index (χ3v) is 2.82. The van der Waals surface area contributed by atoms with E-state index >= 15 is 0 Å². The minimum absolute atomic E-state index is 0.123. The van der Waals surface area contributed by atoms with Gasteiger partial charge in [-0.15, -0.1) is 0 Å². The highest BCUT2D eigenvalue weighted by atomic mass is 16.2. The second kappa shape index (κ2) is 6.02. The van der Waals surface area contributed by atoms with Crippen LogP contribution in [0.3, 0.4) is 0 Å². The Balaban J connectivity index is 2.74. The summed E-state index contributed by atoms with van der Waals surface area (Å²) in [5.74, 6) is -0.168. The SMILES string of the molecule is CC(CC#N)N(C)C(=O)[C@@H](N)c1ccccc1. The van der Waals surface area contributed by atoms with E-state index in [0.717, 1.165) is 5.56 Å². The van der Waals surface area contributed by atoms with E-state index in [0.29, 0.717) is 6.42 Å². The summed E-state index contributed by atoms with van der Waals surface area (Å²) < 4.78 is 0. The fourth-order valence-electron chi connectivity index (χ4n) is 1.51. The normalized spacial score (nSPS) is 13.5. The van der Waals surface area contributed by atoms with Gasteiger partial charge in [0.15, 0.2) is 0 Å². The first-order valence-electron chi connectivity index (χ1n) is 5.52. The van der Waals surface area contributed by atoms with Gasteiger partial charge in [-0.2, -0.15) is 5.26 Å². The standard InChI is InChI=1S/C13H17N3O/c1-10(8-9-14)16(2)13(17)12(15)11-6-4-3-5-7-11/h3-7,10,12H,8,15H2,1-2H3/t10?,12-/m0/s1. The molecule has 0 radical (unpaired) electrons. The molecule has 0 fully saturated rings. The summed E-state index contributed by atoms with van der Waals surface area (Å²) in [4.78, 5) is 13.6. The maximum atomic E-state index is 12.1. The van der Waals surface area contributed by atoms with Gasteiger partial charge in [-0.25, -0.2) is 0 Å². The number of nitriles is 1. The highest BCUT2D eigenvalue weighted by molar-refractivity contribution is 5.83. The number of rotatable bonds is 4. The minimum Gasteiger partial charge on any atom is -0.340 e. The quantitative estimate of drug-likeness (QED) is 0.852. The first-order valence-corrected chi connectivity index (χ1v) is 5.52. The van der Waals surface area contributed by atoms with E-state index < -0.39 is 6.04 Å². The summed E-state index contributed by atoms with van der Waals surface area (Å²) in [6, 6.07) is 10.5.